The molecule has 2 aromatic rings. The van der Waals surface area contributed by atoms with E-state index in [4.69, 9.17) is 0 Å². The highest BCUT2D eigenvalue weighted by Crippen LogP contribution is 2.40. The maximum Gasteiger partial charge on any atom is 0.137 e. The Balaban J connectivity index is 1.52. The van der Waals surface area contributed by atoms with E-state index in [-0.39, 0.29) is 10.8 Å². The van der Waals surface area contributed by atoms with Gasteiger partial charge in [0.2, 0.25) is 0 Å². The van der Waals surface area contributed by atoms with Crippen molar-refractivity contribution in [2.45, 2.75) is 71.1 Å². The Labute approximate surface area is 166 Å². The molecule has 0 saturated carbocycles. The molecule has 27 heavy (non-hydrogen) atoms. The number of benzene rings is 2. The highest BCUT2D eigenvalue weighted by atomic mass is 32.2. The van der Waals surface area contributed by atoms with Crippen molar-refractivity contribution in [3.05, 3.63) is 70.3 Å². The Bertz CT molecular complexity index is 845. The van der Waals surface area contributed by atoms with Gasteiger partial charge in [-0.2, -0.15) is 0 Å². The first kappa shape index (κ1) is 19.0. The van der Waals surface area contributed by atoms with Crippen LogP contribution in [0.15, 0.2) is 42.5 Å². The lowest BCUT2D eigenvalue weighted by Crippen LogP contribution is -2.41. The van der Waals surface area contributed by atoms with Crippen molar-refractivity contribution in [2.24, 2.45) is 0 Å². The monoisotopic (exact) mass is 382 g/mol. The van der Waals surface area contributed by atoms with Gasteiger partial charge in [0.1, 0.15) is 4.75 Å². The van der Waals surface area contributed by atoms with Crippen LogP contribution in [0.3, 0.4) is 0 Å². The Morgan fingerprint density at radius 2 is 1.67 bits per heavy atom. The van der Waals surface area contributed by atoms with Gasteiger partial charge >= 0.3 is 0 Å². The molecular weight excluding hydrogens is 352 g/mol. The first-order valence-corrected chi connectivity index (χ1v) is 11.0. The molecule has 4 heteroatoms. The lowest BCUT2D eigenvalue weighted by Gasteiger charge is -2.32. The molecule has 0 bridgehead atoms. The van der Waals surface area contributed by atoms with E-state index in [1.165, 1.54) is 27.8 Å². The minimum absolute atomic E-state index is 0.202. The second kappa shape index (κ2) is 6.93. The molecule has 0 saturated heterocycles. The molecule has 3 atom stereocenters. The second-order valence-electron chi connectivity index (χ2n) is 8.93. The average molecular weight is 383 g/mol. The third kappa shape index (κ3) is 3.44. The average Bonchev–Trinajstić information content (AvgIpc) is 3.12. The zero-order valence-corrected chi connectivity index (χ0v) is 17.8. The molecule has 0 radical (unpaired) electrons. The van der Waals surface area contributed by atoms with E-state index in [1.807, 2.05) is 0 Å². The van der Waals surface area contributed by atoms with Crippen molar-refractivity contribution in [1.82, 2.24) is 9.21 Å². The van der Waals surface area contributed by atoms with Crippen molar-refractivity contribution < 1.29 is 4.55 Å². The van der Waals surface area contributed by atoms with Crippen molar-refractivity contribution in [3.8, 4) is 0 Å². The summed E-state index contributed by atoms with van der Waals surface area (Å²) in [5.74, 6) is 0. The van der Waals surface area contributed by atoms with Gasteiger partial charge < -0.3 is 4.55 Å². The summed E-state index contributed by atoms with van der Waals surface area (Å²) in [6, 6.07) is 16.3. The van der Waals surface area contributed by atoms with Crippen LogP contribution in [0.25, 0.3) is 0 Å². The van der Waals surface area contributed by atoms with E-state index in [1.54, 1.807) is 0 Å². The molecule has 4 rings (SSSR count). The maximum atomic E-state index is 12.9. The number of hydrogen-bond donors (Lipinski definition) is 0. The van der Waals surface area contributed by atoms with Crippen LogP contribution < -0.4 is 0 Å². The molecule has 2 aromatic carbocycles. The lowest BCUT2D eigenvalue weighted by molar-refractivity contribution is 0.220. The fraction of sp³-hybridized carbons (Fsp3) is 0.478. The lowest BCUT2D eigenvalue weighted by atomic mass is 10.0. The minimum Gasteiger partial charge on any atom is -0.597 e. The van der Waals surface area contributed by atoms with E-state index < -0.39 is 11.4 Å². The van der Waals surface area contributed by atoms with Crippen LogP contribution in [-0.2, 0) is 31.0 Å². The number of nitrogens with zero attached hydrogens (tertiary/aromatic N) is 2. The van der Waals surface area contributed by atoms with Gasteiger partial charge in [-0.15, -0.1) is 4.31 Å². The van der Waals surface area contributed by atoms with E-state index >= 15 is 0 Å². The van der Waals surface area contributed by atoms with Gasteiger partial charge in [-0.25, -0.2) is 0 Å². The predicted molar refractivity (Wildman–Crippen MR) is 112 cm³/mol. The fourth-order valence-electron chi connectivity index (χ4n) is 4.36. The van der Waals surface area contributed by atoms with Gasteiger partial charge in [0.05, 0.1) is 12.6 Å². The highest BCUT2D eigenvalue weighted by Gasteiger charge is 2.41. The summed E-state index contributed by atoms with van der Waals surface area (Å²) in [7, 11) is 0. The summed E-state index contributed by atoms with van der Waals surface area (Å²) >= 11 is -0.989. The topological polar surface area (TPSA) is 29.5 Å². The Morgan fingerprint density at radius 1 is 0.963 bits per heavy atom. The maximum absolute atomic E-state index is 12.9. The van der Waals surface area contributed by atoms with Crippen LogP contribution in [0.1, 0.15) is 74.5 Å². The zero-order valence-electron chi connectivity index (χ0n) is 17.0. The smallest absolute Gasteiger partial charge is 0.137 e. The van der Waals surface area contributed by atoms with Gasteiger partial charge in [0, 0.05) is 30.5 Å². The predicted octanol–water partition coefficient (Wildman–Crippen LogP) is 5.10. The molecule has 2 aliphatic rings. The molecule has 0 spiro atoms. The van der Waals surface area contributed by atoms with Gasteiger partial charge in [-0.05, 0) is 62.4 Å². The first-order chi connectivity index (χ1) is 12.8. The van der Waals surface area contributed by atoms with Crippen LogP contribution in [-0.4, -0.2) is 18.5 Å². The quantitative estimate of drug-likeness (QED) is 0.692. The Hall–Kier alpha value is -1.33. The molecule has 0 aromatic heterocycles. The normalized spacial score (nSPS) is 24.1. The van der Waals surface area contributed by atoms with E-state index in [0.717, 1.165) is 19.6 Å². The van der Waals surface area contributed by atoms with Crippen molar-refractivity contribution in [2.75, 3.05) is 0 Å². The Morgan fingerprint density at radius 3 is 2.37 bits per heavy atom. The summed E-state index contributed by atoms with van der Waals surface area (Å²) in [6.45, 7) is 13.4. The summed E-state index contributed by atoms with van der Waals surface area (Å²) in [6.07, 6.45) is 0. The highest BCUT2D eigenvalue weighted by molar-refractivity contribution is 7.90. The molecule has 0 fully saturated rings. The summed E-state index contributed by atoms with van der Waals surface area (Å²) in [5, 5.41) is 0. The second-order valence-corrected chi connectivity index (χ2v) is 11.1. The van der Waals surface area contributed by atoms with E-state index in [0.29, 0.717) is 6.04 Å². The van der Waals surface area contributed by atoms with Gasteiger partial charge in [-0.3, -0.25) is 4.90 Å². The molecule has 0 aliphatic carbocycles. The largest absolute Gasteiger partial charge is 0.597 e. The molecule has 0 amide bonds. The molecule has 0 N–H and O–H groups in total. The van der Waals surface area contributed by atoms with Crippen LogP contribution in [0.2, 0.25) is 0 Å². The molecule has 2 aliphatic heterocycles. The van der Waals surface area contributed by atoms with Crippen LogP contribution in [0.5, 0.6) is 0 Å². The summed E-state index contributed by atoms with van der Waals surface area (Å²) in [5.41, 5.74) is 6.92. The molecule has 2 heterocycles. The van der Waals surface area contributed by atoms with Gasteiger partial charge in [0.25, 0.3) is 0 Å². The summed E-state index contributed by atoms with van der Waals surface area (Å²) in [4.78, 5) is 2.54. The Kier molecular flexibility index (Phi) is 4.88. The van der Waals surface area contributed by atoms with Gasteiger partial charge in [-0.1, -0.05) is 42.5 Å². The first-order valence-electron chi connectivity index (χ1n) is 9.88. The summed E-state index contributed by atoms with van der Waals surface area (Å²) < 4.78 is 14.8. The number of fused-ring (bicyclic) bond motifs is 2. The van der Waals surface area contributed by atoms with E-state index in [2.05, 4.69) is 86.3 Å². The SMILES string of the molecule is C[C@H]1c2ccccc2CN1Cc1ccc2c(c1)[C@H](C)N([S+]([O-])C(C)(C)C)C2. The third-order valence-corrected chi connectivity index (χ3v) is 7.89. The van der Waals surface area contributed by atoms with Crippen LogP contribution in [0, 0.1) is 0 Å². The van der Waals surface area contributed by atoms with Crippen molar-refractivity contribution >= 4 is 11.4 Å². The van der Waals surface area contributed by atoms with E-state index in [9.17, 15) is 4.55 Å². The van der Waals surface area contributed by atoms with Crippen LogP contribution in [0.4, 0.5) is 0 Å². The number of rotatable bonds is 3. The molecule has 3 nitrogen and oxygen atoms in total. The fourth-order valence-corrected chi connectivity index (χ4v) is 5.72. The minimum atomic E-state index is -0.989. The molecular formula is C23H30N2OS. The van der Waals surface area contributed by atoms with Crippen molar-refractivity contribution in [1.29, 1.82) is 0 Å². The standard InChI is InChI=1S/C23H30N2OS/c1-16-21-9-7-6-8-19(21)14-24(16)13-18-10-11-20-15-25(17(2)22(20)12-18)27(26)23(3,4)5/h6-12,16-17H,13-15H2,1-5H3/t16-,17-,27?/m0/s1. The molecule has 1 unspecified atom stereocenters. The molecule has 144 valence electrons. The third-order valence-electron chi connectivity index (χ3n) is 5.97. The van der Waals surface area contributed by atoms with Gasteiger partial charge in [0.15, 0.2) is 0 Å². The number of hydrogen-bond acceptors (Lipinski definition) is 3. The zero-order chi connectivity index (χ0) is 19.3. The van der Waals surface area contributed by atoms with Crippen LogP contribution >= 0.6 is 0 Å². The van der Waals surface area contributed by atoms with Crippen molar-refractivity contribution in [3.63, 3.8) is 0 Å².